The molecular weight excluding hydrogens is 843 g/mol. The second kappa shape index (κ2) is 18.8. The Bertz CT molecular complexity index is 2790. The normalized spacial score (nSPS) is 21.3. The number of carboxylic acids is 1. The number of carboxylic acid groups (broad SMARTS) is 1. The number of rotatable bonds is 3. The van der Waals surface area contributed by atoms with Crippen molar-refractivity contribution in [2.75, 3.05) is 13.1 Å². The van der Waals surface area contributed by atoms with Gasteiger partial charge < -0.3 is 57.0 Å². The molecule has 0 fully saturated rings. The van der Waals surface area contributed by atoms with Crippen molar-refractivity contribution in [1.82, 2.24) is 47.2 Å². The van der Waals surface area contributed by atoms with Gasteiger partial charge in [0.2, 0.25) is 41.4 Å². The average Bonchev–Trinajstić information content (AvgIpc) is 3.81. The van der Waals surface area contributed by atoms with Crippen molar-refractivity contribution < 1.29 is 53.0 Å². The zero-order chi connectivity index (χ0) is 46.7. The number of amides is 7. The van der Waals surface area contributed by atoms with Gasteiger partial charge >= 0.3 is 11.9 Å². The van der Waals surface area contributed by atoms with Crippen LogP contribution in [0.2, 0.25) is 0 Å². The first-order chi connectivity index (χ1) is 31.0. The summed E-state index contributed by atoms with van der Waals surface area (Å²) in [4.78, 5) is 127. The number of aliphatic carboxylic acids is 1. The minimum absolute atomic E-state index is 0.0361. The molecule has 10 N–H and O–H groups in total. The summed E-state index contributed by atoms with van der Waals surface area (Å²) in [5, 5.41) is 29.5. The van der Waals surface area contributed by atoms with Gasteiger partial charge in [-0.3, -0.25) is 38.4 Å². The van der Waals surface area contributed by atoms with Gasteiger partial charge in [0.1, 0.15) is 36.0 Å². The van der Waals surface area contributed by atoms with Crippen LogP contribution in [0.1, 0.15) is 44.4 Å². The van der Waals surface area contributed by atoms with E-state index in [9.17, 15) is 48.3 Å². The number of nitrogens with one attached hydrogen (secondary N) is 9. The van der Waals surface area contributed by atoms with E-state index in [0.717, 1.165) is 0 Å². The molecule has 7 rings (SSSR count). The highest BCUT2D eigenvalue weighted by Gasteiger charge is 2.33. The van der Waals surface area contributed by atoms with Crippen LogP contribution in [-0.4, -0.2) is 112 Å². The van der Waals surface area contributed by atoms with Crippen molar-refractivity contribution >= 4 is 75.1 Å². The van der Waals surface area contributed by atoms with E-state index in [-0.39, 0.29) is 41.8 Å². The number of fused-ring (bicyclic) bond motifs is 11. The summed E-state index contributed by atoms with van der Waals surface area (Å²) < 4.78 is 6.12. The average molecular weight is 890 g/mol. The molecular formula is C45H47N9O11. The third-order valence-electron chi connectivity index (χ3n) is 11.1. The molecule has 0 saturated heterocycles. The Balaban J connectivity index is 1.57. The summed E-state index contributed by atoms with van der Waals surface area (Å²) in [7, 11) is 0. The number of ether oxygens (including phenoxy) is 1. The highest BCUT2D eigenvalue weighted by atomic mass is 16.5. The Morgan fingerprint density at radius 2 is 1.15 bits per heavy atom. The van der Waals surface area contributed by atoms with Gasteiger partial charge in [0.25, 0.3) is 0 Å². The molecule has 338 valence electrons. The Hall–Kier alpha value is -8.03. The maximum absolute atomic E-state index is 14.2. The molecule has 20 heteroatoms. The molecule has 0 aliphatic carbocycles. The lowest BCUT2D eigenvalue weighted by atomic mass is 9.90. The van der Waals surface area contributed by atoms with Gasteiger partial charge in [-0.25, -0.2) is 4.79 Å². The topological polar surface area (TPSA) is 299 Å². The number of hydrogen-bond donors (Lipinski definition) is 10. The van der Waals surface area contributed by atoms with Gasteiger partial charge in [-0.1, -0.05) is 36.4 Å². The fourth-order valence-corrected chi connectivity index (χ4v) is 8.11. The van der Waals surface area contributed by atoms with E-state index in [4.69, 9.17) is 4.74 Å². The SMILES string of the molecule is CC(=O)N[C@H]1Cc2c([nH]c3ccccc23)-c2cc3cc(c2OC(C)=O)-c2[nH]c4ccccc4c2C[C@@H](C(=O)O)NC(=O)CNC(=O)[C@H](C)NC(=O)[C@H](C3)NC(=O)CNC(=O)[C@H](C)NC1=O. The number of carbonyl (C=O) groups is 9. The van der Waals surface area contributed by atoms with Gasteiger partial charge in [-0.2, -0.15) is 0 Å². The predicted octanol–water partition coefficient (Wildman–Crippen LogP) is 0.364. The van der Waals surface area contributed by atoms with E-state index >= 15 is 0 Å². The molecule has 2 aliphatic heterocycles. The first-order valence-corrected chi connectivity index (χ1v) is 20.8. The number of aromatic amines is 2. The molecule has 5 atom stereocenters. The zero-order valence-corrected chi connectivity index (χ0v) is 35.7. The Morgan fingerprint density at radius 1 is 0.646 bits per heavy atom. The van der Waals surface area contributed by atoms with E-state index in [1.165, 1.54) is 27.7 Å². The summed E-state index contributed by atoms with van der Waals surface area (Å²) in [6, 6.07) is 10.7. The van der Waals surface area contributed by atoms with Crippen molar-refractivity contribution in [3.63, 3.8) is 0 Å². The van der Waals surface area contributed by atoms with E-state index in [1.807, 2.05) is 0 Å². The zero-order valence-electron chi connectivity index (χ0n) is 35.7. The van der Waals surface area contributed by atoms with Crippen LogP contribution in [0, 0.1) is 0 Å². The molecule has 2 aromatic heterocycles. The van der Waals surface area contributed by atoms with Crippen LogP contribution in [0.4, 0.5) is 0 Å². The lowest BCUT2D eigenvalue weighted by Gasteiger charge is -2.23. The lowest BCUT2D eigenvalue weighted by Crippen LogP contribution is -2.56. The smallest absolute Gasteiger partial charge is 0.326 e. The van der Waals surface area contributed by atoms with E-state index in [1.54, 1.807) is 60.7 Å². The molecule has 0 saturated carbocycles. The van der Waals surface area contributed by atoms with Crippen LogP contribution in [0.15, 0.2) is 60.7 Å². The summed E-state index contributed by atoms with van der Waals surface area (Å²) in [5.41, 5.74) is 3.35. The third-order valence-corrected chi connectivity index (χ3v) is 11.1. The van der Waals surface area contributed by atoms with Crippen LogP contribution < -0.4 is 42.0 Å². The predicted molar refractivity (Wildman–Crippen MR) is 234 cm³/mol. The second-order valence-corrected chi connectivity index (χ2v) is 16.0. The highest BCUT2D eigenvalue weighted by molar-refractivity contribution is 6.01. The fraction of sp³-hybridized carbons (Fsp3) is 0.311. The van der Waals surface area contributed by atoms with Gasteiger partial charge in [-0.15, -0.1) is 0 Å². The quantitative estimate of drug-likeness (QED) is 0.0872. The van der Waals surface area contributed by atoms with Crippen molar-refractivity contribution in [1.29, 1.82) is 0 Å². The van der Waals surface area contributed by atoms with Crippen LogP contribution >= 0.6 is 0 Å². The molecule has 3 aromatic carbocycles. The molecule has 5 aromatic rings. The van der Waals surface area contributed by atoms with E-state index in [0.29, 0.717) is 44.2 Å². The molecule has 0 unspecified atom stereocenters. The first kappa shape index (κ1) is 45.0. The molecule has 0 spiro atoms. The Morgan fingerprint density at radius 3 is 1.68 bits per heavy atom. The minimum Gasteiger partial charge on any atom is -0.480 e. The molecule has 2 aliphatic rings. The lowest BCUT2D eigenvalue weighted by molar-refractivity contribution is -0.141. The number of H-pyrrole nitrogens is 2. The van der Waals surface area contributed by atoms with Gasteiger partial charge in [0.05, 0.1) is 24.5 Å². The van der Waals surface area contributed by atoms with Crippen LogP contribution in [-0.2, 0) is 62.4 Å². The minimum atomic E-state index is -1.53. The Kier molecular flexibility index (Phi) is 13.0. The van der Waals surface area contributed by atoms with E-state index < -0.39 is 96.6 Å². The molecule has 0 radical (unpaired) electrons. The monoisotopic (exact) mass is 889 g/mol. The third kappa shape index (κ3) is 9.96. The van der Waals surface area contributed by atoms with Crippen LogP contribution in [0.3, 0.4) is 0 Å². The maximum Gasteiger partial charge on any atom is 0.326 e. The number of esters is 1. The molecule has 4 heterocycles. The number of carbonyl (C=O) groups excluding carboxylic acids is 8. The summed E-state index contributed by atoms with van der Waals surface area (Å²) in [6.45, 7) is 3.89. The fourth-order valence-electron chi connectivity index (χ4n) is 8.11. The summed E-state index contributed by atoms with van der Waals surface area (Å²) in [5.74, 6) is -7.47. The first-order valence-electron chi connectivity index (χ1n) is 20.8. The number of aromatic nitrogens is 2. The van der Waals surface area contributed by atoms with Crippen LogP contribution in [0.25, 0.3) is 44.3 Å². The standard InChI is InChI=1S/C45H47N9O11/c1-20-41(59)47-19-37(58)52-35(45(63)64)17-28-26-10-6-8-12-32(26)54-39(28)30-14-24-13-29(40(30)65-23(4)56)38-27(25-9-5-7-11-31(25)53-38)16-34(50-22(3)55)44(62)49-21(2)42(60)46-18-36(57)51-33(15-24)43(61)48-20/h5-14,20-21,33-35,53-54H,15-19H2,1-4H3,(H,46,60)(H,47,59)(H,48,61)(H,49,62)(H,50,55)(H,51,57)(H,52,58)(H,63,64)/t20-,21-,33-,34-,35-/m0/s1. The highest BCUT2D eigenvalue weighted by Crippen LogP contribution is 2.45. The molecule has 65 heavy (non-hydrogen) atoms. The van der Waals surface area contributed by atoms with Crippen molar-refractivity contribution in [3.8, 4) is 28.3 Å². The molecule has 20 nitrogen and oxygen atoms in total. The number of benzene rings is 3. The summed E-state index contributed by atoms with van der Waals surface area (Å²) >= 11 is 0. The van der Waals surface area contributed by atoms with Crippen molar-refractivity contribution in [3.05, 3.63) is 77.4 Å². The van der Waals surface area contributed by atoms with E-state index in [2.05, 4.69) is 47.2 Å². The maximum atomic E-state index is 14.2. The van der Waals surface area contributed by atoms with Crippen LogP contribution in [0.5, 0.6) is 5.75 Å². The largest absolute Gasteiger partial charge is 0.480 e. The van der Waals surface area contributed by atoms with Gasteiger partial charge in [0.15, 0.2) is 0 Å². The van der Waals surface area contributed by atoms with Crippen molar-refractivity contribution in [2.45, 2.75) is 77.2 Å². The number of hydrogen-bond acceptors (Lipinski definition) is 10. The Labute approximate surface area is 370 Å². The van der Waals surface area contributed by atoms with Crippen molar-refractivity contribution in [2.24, 2.45) is 0 Å². The van der Waals surface area contributed by atoms with Gasteiger partial charge in [0, 0.05) is 66.0 Å². The molecule has 4 bridgehead atoms. The number of para-hydroxylation sites is 2. The van der Waals surface area contributed by atoms with Gasteiger partial charge in [-0.05, 0) is 54.8 Å². The second-order valence-electron chi connectivity index (χ2n) is 16.0. The summed E-state index contributed by atoms with van der Waals surface area (Å²) in [6.07, 6.45) is -0.743. The molecule has 7 amide bonds.